The molecule has 4 N–H and O–H groups in total. The highest BCUT2D eigenvalue weighted by atomic mass is 32.2. The van der Waals surface area contributed by atoms with Crippen LogP contribution >= 0.6 is 0 Å². The van der Waals surface area contributed by atoms with Crippen LogP contribution in [0.5, 0.6) is 0 Å². The molecular weight excluding hydrogens is 418 g/mol. The number of aryl methyl sites for hydroxylation is 1. The molecule has 0 amide bonds. The Morgan fingerprint density at radius 3 is 2.48 bits per heavy atom. The third kappa shape index (κ3) is 4.63. The van der Waals surface area contributed by atoms with Crippen molar-refractivity contribution in [3.05, 3.63) is 30.6 Å². The maximum Gasteiger partial charge on any atom is 0.240 e. The van der Waals surface area contributed by atoms with Gasteiger partial charge in [0.25, 0.3) is 0 Å². The molecule has 0 unspecified atom stereocenters. The van der Waals surface area contributed by atoms with Gasteiger partial charge in [-0.05, 0) is 63.9 Å². The Balaban J connectivity index is 1.64. The van der Waals surface area contributed by atoms with E-state index in [0.717, 1.165) is 32.2 Å². The van der Waals surface area contributed by atoms with Gasteiger partial charge in [0.1, 0.15) is 0 Å². The van der Waals surface area contributed by atoms with E-state index in [9.17, 15) is 13.5 Å². The SMILES string of the molecule is CCn1cnc2c(Nc3ccc(S(=O)(=O)NC)cc3)nc(NC3CCC(O)CC3)nc21. The van der Waals surface area contributed by atoms with Crippen molar-refractivity contribution in [2.24, 2.45) is 0 Å². The molecular formula is C20H27N7O3S. The van der Waals surface area contributed by atoms with Crippen LogP contribution in [0.4, 0.5) is 17.5 Å². The monoisotopic (exact) mass is 445 g/mol. The third-order valence-corrected chi connectivity index (χ3v) is 6.96. The summed E-state index contributed by atoms with van der Waals surface area (Å²) in [6.07, 6.45) is 4.75. The van der Waals surface area contributed by atoms with Gasteiger partial charge in [0.15, 0.2) is 17.0 Å². The fourth-order valence-corrected chi connectivity index (χ4v) is 4.43. The fourth-order valence-electron chi connectivity index (χ4n) is 3.70. The lowest BCUT2D eigenvalue weighted by Crippen LogP contribution is -2.29. The number of nitrogens with one attached hydrogen (secondary N) is 3. The molecule has 1 aliphatic rings. The second kappa shape index (κ2) is 8.77. The van der Waals surface area contributed by atoms with Gasteiger partial charge in [-0.15, -0.1) is 0 Å². The first-order chi connectivity index (χ1) is 14.9. The Morgan fingerprint density at radius 2 is 1.84 bits per heavy atom. The van der Waals surface area contributed by atoms with Gasteiger partial charge < -0.3 is 20.3 Å². The second-order valence-electron chi connectivity index (χ2n) is 7.61. The van der Waals surface area contributed by atoms with Crippen LogP contribution in [0.25, 0.3) is 11.2 Å². The lowest BCUT2D eigenvalue weighted by Gasteiger charge is -2.26. The molecule has 2 heterocycles. The van der Waals surface area contributed by atoms with Crippen molar-refractivity contribution in [3.8, 4) is 0 Å². The summed E-state index contributed by atoms with van der Waals surface area (Å²) in [5.41, 5.74) is 2.04. The van der Waals surface area contributed by atoms with E-state index in [0.29, 0.717) is 28.6 Å². The van der Waals surface area contributed by atoms with E-state index in [1.54, 1.807) is 18.5 Å². The van der Waals surface area contributed by atoms with Crippen molar-refractivity contribution >= 4 is 38.6 Å². The molecule has 4 rings (SSSR count). The number of sulfonamides is 1. The second-order valence-corrected chi connectivity index (χ2v) is 9.49. The molecule has 0 bridgehead atoms. The molecule has 1 saturated carbocycles. The molecule has 0 atom stereocenters. The number of aliphatic hydroxyl groups is 1. The van der Waals surface area contributed by atoms with Crippen molar-refractivity contribution in [3.63, 3.8) is 0 Å². The van der Waals surface area contributed by atoms with Crippen LogP contribution in [-0.4, -0.2) is 52.2 Å². The number of hydrogen-bond acceptors (Lipinski definition) is 8. The van der Waals surface area contributed by atoms with Gasteiger partial charge in [0.05, 0.1) is 17.3 Å². The van der Waals surface area contributed by atoms with Crippen LogP contribution in [0.2, 0.25) is 0 Å². The number of aromatic nitrogens is 4. The number of benzene rings is 1. The molecule has 3 aromatic rings. The number of imidazole rings is 1. The Morgan fingerprint density at radius 1 is 1.13 bits per heavy atom. The summed E-state index contributed by atoms with van der Waals surface area (Å²) in [7, 11) is -2.12. The van der Waals surface area contributed by atoms with Crippen LogP contribution < -0.4 is 15.4 Å². The topological polar surface area (TPSA) is 134 Å². The summed E-state index contributed by atoms with van der Waals surface area (Å²) in [5.74, 6) is 1.04. The molecule has 31 heavy (non-hydrogen) atoms. The lowest BCUT2D eigenvalue weighted by molar-refractivity contribution is 0.126. The van der Waals surface area contributed by atoms with Crippen molar-refractivity contribution in [2.45, 2.75) is 56.2 Å². The van der Waals surface area contributed by atoms with Gasteiger partial charge in [0.2, 0.25) is 16.0 Å². The largest absolute Gasteiger partial charge is 0.393 e. The molecule has 0 spiro atoms. The van der Waals surface area contributed by atoms with Crippen LogP contribution in [0.15, 0.2) is 35.5 Å². The molecule has 2 aromatic heterocycles. The van der Waals surface area contributed by atoms with Gasteiger partial charge >= 0.3 is 0 Å². The molecule has 1 aliphatic carbocycles. The maximum absolute atomic E-state index is 11.9. The van der Waals surface area contributed by atoms with Gasteiger partial charge in [-0.25, -0.2) is 18.1 Å². The van der Waals surface area contributed by atoms with Crippen LogP contribution in [0, 0.1) is 0 Å². The summed E-state index contributed by atoms with van der Waals surface area (Å²) < 4.78 is 28.1. The highest BCUT2D eigenvalue weighted by molar-refractivity contribution is 7.89. The highest BCUT2D eigenvalue weighted by Gasteiger charge is 2.21. The number of fused-ring (bicyclic) bond motifs is 1. The van der Waals surface area contributed by atoms with Gasteiger partial charge in [-0.3, -0.25) is 0 Å². The minimum Gasteiger partial charge on any atom is -0.393 e. The molecule has 166 valence electrons. The van der Waals surface area contributed by atoms with E-state index in [-0.39, 0.29) is 17.0 Å². The van der Waals surface area contributed by atoms with E-state index in [1.807, 2.05) is 11.5 Å². The van der Waals surface area contributed by atoms with Crippen molar-refractivity contribution < 1.29 is 13.5 Å². The van der Waals surface area contributed by atoms with Crippen molar-refractivity contribution in [1.82, 2.24) is 24.2 Å². The smallest absolute Gasteiger partial charge is 0.240 e. The van der Waals surface area contributed by atoms with E-state index >= 15 is 0 Å². The average Bonchev–Trinajstić information content (AvgIpc) is 3.19. The summed E-state index contributed by atoms with van der Waals surface area (Å²) in [5, 5.41) is 16.4. The first-order valence-electron chi connectivity index (χ1n) is 10.4. The van der Waals surface area contributed by atoms with Crippen molar-refractivity contribution in [1.29, 1.82) is 0 Å². The fraction of sp³-hybridized carbons (Fsp3) is 0.450. The molecule has 0 radical (unpaired) electrons. The molecule has 1 fully saturated rings. The van der Waals surface area contributed by atoms with Crippen molar-refractivity contribution in [2.75, 3.05) is 17.7 Å². The Kier molecular flexibility index (Phi) is 6.08. The average molecular weight is 446 g/mol. The van der Waals surface area contributed by atoms with Gasteiger partial charge in [-0.2, -0.15) is 9.97 Å². The zero-order chi connectivity index (χ0) is 22.0. The molecule has 10 nitrogen and oxygen atoms in total. The molecule has 0 saturated heterocycles. The quantitative estimate of drug-likeness (QED) is 0.435. The minimum absolute atomic E-state index is 0.186. The van der Waals surface area contributed by atoms with E-state index < -0.39 is 10.0 Å². The predicted molar refractivity (Wildman–Crippen MR) is 119 cm³/mol. The van der Waals surface area contributed by atoms with Gasteiger partial charge in [0, 0.05) is 18.3 Å². The van der Waals surface area contributed by atoms with Crippen LogP contribution in [0.1, 0.15) is 32.6 Å². The van der Waals surface area contributed by atoms with Crippen LogP contribution in [0.3, 0.4) is 0 Å². The van der Waals surface area contributed by atoms with E-state index in [1.165, 1.54) is 19.2 Å². The summed E-state index contributed by atoms with van der Waals surface area (Å²) in [6, 6.07) is 6.64. The Labute approximate surface area is 181 Å². The van der Waals surface area contributed by atoms with E-state index in [2.05, 4.69) is 30.3 Å². The zero-order valence-electron chi connectivity index (χ0n) is 17.5. The van der Waals surface area contributed by atoms with E-state index in [4.69, 9.17) is 0 Å². The molecule has 1 aromatic carbocycles. The number of rotatable bonds is 7. The molecule has 0 aliphatic heterocycles. The lowest BCUT2D eigenvalue weighted by atomic mass is 9.93. The summed E-state index contributed by atoms with van der Waals surface area (Å²) in [4.78, 5) is 14.0. The first-order valence-corrected chi connectivity index (χ1v) is 11.9. The minimum atomic E-state index is -3.50. The molecule has 11 heteroatoms. The standard InChI is InChI=1S/C20H27N7O3S/c1-3-27-12-22-17-18(23-13-6-10-16(11-7-13)31(29,30)21-2)25-20(26-19(17)27)24-14-4-8-15(28)9-5-14/h6-7,10-12,14-15,21,28H,3-5,8-9H2,1-2H3,(H2,23,24,25,26). The Hall–Kier alpha value is -2.76. The Bertz CT molecular complexity index is 1150. The number of aliphatic hydroxyl groups excluding tert-OH is 1. The summed E-state index contributed by atoms with van der Waals surface area (Å²) >= 11 is 0. The first kappa shape index (κ1) is 21.5. The number of anilines is 3. The number of hydrogen-bond donors (Lipinski definition) is 4. The summed E-state index contributed by atoms with van der Waals surface area (Å²) in [6.45, 7) is 2.74. The third-order valence-electron chi connectivity index (χ3n) is 5.53. The predicted octanol–water partition coefficient (Wildman–Crippen LogP) is 2.21. The number of nitrogens with zero attached hydrogens (tertiary/aromatic N) is 4. The highest BCUT2D eigenvalue weighted by Crippen LogP contribution is 2.27. The zero-order valence-corrected chi connectivity index (χ0v) is 18.4. The van der Waals surface area contributed by atoms with Crippen LogP contribution in [-0.2, 0) is 16.6 Å². The maximum atomic E-state index is 11.9. The van der Waals surface area contributed by atoms with Gasteiger partial charge in [-0.1, -0.05) is 0 Å². The normalized spacial score (nSPS) is 19.5.